The Balaban J connectivity index is 1.93. The van der Waals surface area contributed by atoms with Gasteiger partial charge in [0.15, 0.2) is 0 Å². The van der Waals surface area contributed by atoms with Gasteiger partial charge in [-0.25, -0.2) is 24.5 Å². The van der Waals surface area contributed by atoms with Crippen LogP contribution in [0.15, 0.2) is 54.9 Å². The first-order chi connectivity index (χ1) is 17.3. The molecule has 0 fully saturated rings. The molecule has 0 saturated carbocycles. The van der Waals surface area contributed by atoms with Crippen LogP contribution in [0.25, 0.3) is 11.1 Å². The van der Waals surface area contributed by atoms with E-state index in [-0.39, 0.29) is 23.8 Å². The third-order valence-corrected chi connectivity index (χ3v) is 4.70. The molecule has 0 aliphatic carbocycles. The number of phenols is 1. The number of anilines is 1. The number of phenolic OH excluding ortho intramolecular Hbond substituents is 1. The van der Waals surface area contributed by atoms with Crippen molar-refractivity contribution in [3.63, 3.8) is 0 Å². The minimum atomic E-state index is -4.87. The second-order valence-electron chi connectivity index (χ2n) is 8.76. The summed E-state index contributed by atoms with van der Waals surface area (Å²) in [5.41, 5.74) is 0.332. The highest BCUT2D eigenvalue weighted by Gasteiger charge is 2.31. The summed E-state index contributed by atoms with van der Waals surface area (Å²) < 4.78 is 52.0. The number of carbonyl (C=O) groups excluding carboxylic acids is 2. The lowest BCUT2D eigenvalue weighted by atomic mass is 10.1. The van der Waals surface area contributed by atoms with Gasteiger partial charge in [-0.05, 0) is 56.2 Å². The first-order valence-corrected chi connectivity index (χ1v) is 10.8. The highest BCUT2D eigenvalue weighted by atomic mass is 19.4. The fourth-order valence-corrected chi connectivity index (χ4v) is 3.16. The van der Waals surface area contributed by atoms with Crippen LogP contribution in [0.1, 0.15) is 36.7 Å². The SMILES string of the molecule is COC(=O)c1cc(-c2cnc(N(Cc3cccc(OC(F)(F)F)c3)C(=O)OC(C)(C)C)nc2)ccc1O. The maximum absolute atomic E-state index is 13.0. The zero-order valence-electron chi connectivity index (χ0n) is 20.4. The van der Waals surface area contributed by atoms with Crippen molar-refractivity contribution in [2.75, 3.05) is 12.0 Å². The molecule has 2 aromatic carbocycles. The highest BCUT2D eigenvalue weighted by molar-refractivity contribution is 5.94. The molecule has 37 heavy (non-hydrogen) atoms. The number of methoxy groups -OCH3 is 1. The van der Waals surface area contributed by atoms with Crippen LogP contribution < -0.4 is 9.64 Å². The number of hydrogen-bond donors (Lipinski definition) is 1. The highest BCUT2D eigenvalue weighted by Crippen LogP contribution is 2.28. The number of nitrogens with zero attached hydrogens (tertiary/aromatic N) is 3. The van der Waals surface area contributed by atoms with Gasteiger partial charge < -0.3 is 19.3 Å². The molecule has 9 nitrogen and oxygen atoms in total. The minimum Gasteiger partial charge on any atom is -0.507 e. The molecule has 0 atom stereocenters. The molecule has 0 bridgehead atoms. The molecule has 3 rings (SSSR count). The van der Waals surface area contributed by atoms with Crippen molar-refractivity contribution in [3.8, 4) is 22.6 Å². The molecule has 0 spiro atoms. The summed E-state index contributed by atoms with van der Waals surface area (Å²) in [6.07, 6.45) is -2.92. The molecule has 0 saturated heterocycles. The van der Waals surface area contributed by atoms with Gasteiger partial charge >= 0.3 is 18.4 Å². The fourth-order valence-electron chi connectivity index (χ4n) is 3.16. The largest absolute Gasteiger partial charge is 0.573 e. The summed E-state index contributed by atoms with van der Waals surface area (Å²) in [6.45, 7) is 4.77. The summed E-state index contributed by atoms with van der Waals surface area (Å²) in [6, 6.07) is 9.41. The molecule has 0 aliphatic heterocycles. The Bertz CT molecular complexity index is 1270. The zero-order chi connectivity index (χ0) is 27.4. The van der Waals surface area contributed by atoms with Gasteiger partial charge in [-0.1, -0.05) is 18.2 Å². The Morgan fingerprint density at radius 1 is 1.00 bits per heavy atom. The van der Waals surface area contributed by atoms with Crippen LogP contribution in [0.3, 0.4) is 0 Å². The van der Waals surface area contributed by atoms with Crippen molar-refractivity contribution in [2.45, 2.75) is 39.3 Å². The Labute approximate surface area is 210 Å². The van der Waals surface area contributed by atoms with Gasteiger partial charge in [-0.3, -0.25) is 0 Å². The topological polar surface area (TPSA) is 111 Å². The van der Waals surface area contributed by atoms with Crippen molar-refractivity contribution in [1.82, 2.24) is 9.97 Å². The normalized spacial score (nSPS) is 11.5. The first kappa shape index (κ1) is 27.2. The summed E-state index contributed by atoms with van der Waals surface area (Å²) in [5, 5.41) is 9.91. The van der Waals surface area contributed by atoms with Gasteiger partial charge in [0.1, 0.15) is 22.7 Å². The van der Waals surface area contributed by atoms with E-state index in [1.54, 1.807) is 20.8 Å². The van der Waals surface area contributed by atoms with Crippen LogP contribution in [0.5, 0.6) is 11.5 Å². The number of ether oxygens (including phenoxy) is 3. The molecule has 1 amide bonds. The van der Waals surface area contributed by atoms with Crippen LogP contribution in [0, 0.1) is 0 Å². The molecular formula is C25H24F3N3O6. The van der Waals surface area contributed by atoms with E-state index >= 15 is 0 Å². The lowest BCUT2D eigenvalue weighted by Crippen LogP contribution is -2.37. The van der Waals surface area contributed by atoms with Gasteiger partial charge in [-0.2, -0.15) is 0 Å². The number of rotatable bonds is 6. The predicted molar refractivity (Wildman–Crippen MR) is 126 cm³/mol. The van der Waals surface area contributed by atoms with E-state index in [0.717, 1.165) is 17.0 Å². The van der Waals surface area contributed by atoms with E-state index < -0.39 is 29.8 Å². The predicted octanol–water partition coefficient (Wildman–Crippen LogP) is 5.48. The number of alkyl halides is 3. The van der Waals surface area contributed by atoms with Crippen molar-refractivity contribution in [2.24, 2.45) is 0 Å². The molecular weight excluding hydrogens is 495 g/mol. The lowest BCUT2D eigenvalue weighted by Gasteiger charge is -2.26. The molecule has 1 heterocycles. The Morgan fingerprint density at radius 3 is 2.27 bits per heavy atom. The van der Waals surface area contributed by atoms with E-state index in [9.17, 15) is 27.9 Å². The summed E-state index contributed by atoms with van der Waals surface area (Å²) in [4.78, 5) is 34.4. The van der Waals surface area contributed by atoms with Crippen molar-refractivity contribution in [3.05, 3.63) is 66.0 Å². The van der Waals surface area contributed by atoms with E-state index in [4.69, 9.17) is 4.74 Å². The van der Waals surface area contributed by atoms with Crippen molar-refractivity contribution < 1.29 is 42.1 Å². The minimum absolute atomic E-state index is 0.0552. The third kappa shape index (κ3) is 7.56. The smallest absolute Gasteiger partial charge is 0.507 e. The Hall–Kier alpha value is -4.35. The van der Waals surface area contributed by atoms with Crippen LogP contribution in [-0.4, -0.2) is 46.2 Å². The second-order valence-corrected chi connectivity index (χ2v) is 8.76. The molecule has 1 N–H and O–H groups in total. The summed E-state index contributed by atoms with van der Waals surface area (Å²) in [7, 11) is 1.18. The third-order valence-electron chi connectivity index (χ3n) is 4.70. The van der Waals surface area contributed by atoms with E-state index in [0.29, 0.717) is 16.7 Å². The molecule has 0 unspecified atom stereocenters. The van der Waals surface area contributed by atoms with Crippen molar-refractivity contribution >= 4 is 18.0 Å². The fraction of sp³-hybridized carbons (Fsp3) is 0.280. The summed E-state index contributed by atoms with van der Waals surface area (Å²) >= 11 is 0. The number of benzene rings is 2. The van der Waals surface area contributed by atoms with Gasteiger partial charge in [0.25, 0.3) is 0 Å². The van der Waals surface area contributed by atoms with Crippen molar-refractivity contribution in [1.29, 1.82) is 0 Å². The number of esters is 1. The quantitative estimate of drug-likeness (QED) is 0.427. The summed E-state index contributed by atoms with van der Waals surface area (Å²) in [5.74, 6) is -1.52. The van der Waals surface area contributed by atoms with Crippen LogP contribution in [-0.2, 0) is 16.0 Å². The number of halogens is 3. The number of amides is 1. The molecule has 3 aromatic rings. The molecule has 196 valence electrons. The molecule has 12 heteroatoms. The molecule has 1 aromatic heterocycles. The Kier molecular flexibility index (Phi) is 7.90. The zero-order valence-corrected chi connectivity index (χ0v) is 20.4. The van der Waals surface area contributed by atoms with Gasteiger partial charge in [0.2, 0.25) is 5.95 Å². The van der Waals surface area contributed by atoms with E-state index in [1.807, 2.05) is 0 Å². The van der Waals surface area contributed by atoms with Crippen LogP contribution >= 0.6 is 0 Å². The van der Waals surface area contributed by atoms with Crippen LogP contribution in [0.2, 0.25) is 0 Å². The van der Waals surface area contributed by atoms with Gasteiger partial charge in [0, 0.05) is 18.0 Å². The maximum Gasteiger partial charge on any atom is 0.573 e. The van der Waals surface area contributed by atoms with E-state index in [2.05, 4.69) is 19.4 Å². The average Bonchev–Trinajstić information content (AvgIpc) is 2.80. The maximum atomic E-state index is 13.0. The lowest BCUT2D eigenvalue weighted by molar-refractivity contribution is -0.274. The number of aromatic hydroxyl groups is 1. The van der Waals surface area contributed by atoms with Crippen LogP contribution in [0.4, 0.5) is 23.9 Å². The number of aromatic nitrogens is 2. The second kappa shape index (κ2) is 10.7. The van der Waals surface area contributed by atoms with Gasteiger partial charge in [-0.15, -0.1) is 13.2 Å². The monoisotopic (exact) mass is 519 g/mol. The average molecular weight is 519 g/mol. The Morgan fingerprint density at radius 2 is 1.68 bits per heavy atom. The number of carbonyl (C=O) groups is 2. The number of hydrogen-bond acceptors (Lipinski definition) is 8. The van der Waals surface area contributed by atoms with Gasteiger partial charge in [0.05, 0.1) is 13.7 Å². The van der Waals surface area contributed by atoms with E-state index in [1.165, 1.54) is 49.8 Å². The first-order valence-electron chi connectivity index (χ1n) is 10.8. The molecule has 0 radical (unpaired) electrons. The standard InChI is InChI=1S/C25H24F3N3O6/c1-24(2,3)37-23(34)31(14-15-6-5-7-18(10-15)36-25(26,27)28)22-29-12-17(13-30-22)16-8-9-20(32)19(11-16)21(33)35-4/h5-13,32H,14H2,1-4H3. The molecule has 0 aliphatic rings.